The van der Waals surface area contributed by atoms with E-state index >= 15 is 0 Å². The molecule has 0 amide bonds. The molecule has 2 heterocycles. The van der Waals surface area contributed by atoms with Gasteiger partial charge in [0.15, 0.2) is 12.6 Å². The monoisotopic (exact) mass is 492 g/mol. The molecule has 32 heavy (non-hydrogen) atoms. The van der Waals surface area contributed by atoms with Crippen LogP contribution in [0.1, 0.15) is 38.2 Å². The average Bonchev–Trinajstić information content (AvgIpc) is 3.09. The van der Waals surface area contributed by atoms with Crippen molar-refractivity contribution in [2.45, 2.75) is 27.1 Å². The summed E-state index contributed by atoms with van der Waals surface area (Å²) in [7, 11) is 0. The van der Waals surface area contributed by atoms with Gasteiger partial charge in [-0.1, -0.05) is 39.7 Å². The third-order valence-electron chi connectivity index (χ3n) is 5.53. The molecule has 0 fully saturated rings. The molecular weight excluding hydrogens is 472 g/mol. The number of halogens is 1. The first-order valence-electron chi connectivity index (χ1n) is 10.3. The molecular formula is C26H21BrO5. The third-order valence-corrected chi connectivity index (χ3v) is 5.99. The molecule has 0 bridgehead atoms. The normalized spacial score (nSPS) is 15.7. The van der Waals surface area contributed by atoms with Gasteiger partial charge in [0, 0.05) is 21.7 Å². The highest BCUT2D eigenvalue weighted by molar-refractivity contribution is 9.10. The lowest BCUT2D eigenvalue weighted by molar-refractivity contribution is -0.0165. The number of rotatable bonds is 4. The molecule has 0 radical (unpaired) electrons. The number of Topliss-reactive ketones (excluding diaryl/α,β-unsaturated/α-hetero) is 1. The van der Waals surface area contributed by atoms with E-state index in [9.17, 15) is 4.79 Å². The van der Waals surface area contributed by atoms with E-state index in [0.29, 0.717) is 36.0 Å². The summed E-state index contributed by atoms with van der Waals surface area (Å²) < 4.78 is 23.8. The molecule has 0 atom stereocenters. The maximum absolute atomic E-state index is 12.9. The first kappa shape index (κ1) is 20.8. The molecule has 0 unspecified atom stereocenters. The maximum atomic E-state index is 12.9. The largest absolute Gasteiger partial charge is 0.489 e. The summed E-state index contributed by atoms with van der Waals surface area (Å²) in [4.78, 5) is 12.9. The van der Waals surface area contributed by atoms with Crippen LogP contribution < -0.4 is 14.2 Å². The van der Waals surface area contributed by atoms with Gasteiger partial charge in [-0.15, -0.1) is 0 Å². The zero-order chi connectivity index (χ0) is 22.2. The topological polar surface area (TPSA) is 54.0 Å². The van der Waals surface area contributed by atoms with Gasteiger partial charge in [-0.25, -0.2) is 0 Å². The average molecular weight is 493 g/mol. The fourth-order valence-electron chi connectivity index (χ4n) is 3.83. The second-order valence-electron chi connectivity index (χ2n) is 7.91. The quantitative estimate of drug-likeness (QED) is 0.410. The van der Waals surface area contributed by atoms with Crippen LogP contribution in [-0.2, 0) is 18.0 Å². The van der Waals surface area contributed by atoms with E-state index in [0.717, 1.165) is 21.2 Å². The van der Waals surface area contributed by atoms with Gasteiger partial charge in [0.25, 0.3) is 0 Å². The van der Waals surface area contributed by atoms with Crippen molar-refractivity contribution in [3.63, 3.8) is 0 Å². The van der Waals surface area contributed by atoms with Crippen LogP contribution >= 0.6 is 15.9 Å². The summed E-state index contributed by atoms with van der Waals surface area (Å²) in [6, 6.07) is 15.5. The molecule has 0 saturated heterocycles. The maximum Gasteiger partial charge on any atom is 0.231 e. The molecule has 3 aromatic carbocycles. The number of carbonyl (C=O) groups excluding carboxylic acids is 1. The molecule has 0 spiro atoms. The lowest BCUT2D eigenvalue weighted by Crippen LogP contribution is -2.12. The van der Waals surface area contributed by atoms with Gasteiger partial charge < -0.3 is 18.9 Å². The van der Waals surface area contributed by atoms with Crippen LogP contribution in [0.4, 0.5) is 0 Å². The van der Waals surface area contributed by atoms with Crippen molar-refractivity contribution in [3.8, 4) is 17.2 Å². The van der Waals surface area contributed by atoms with Crippen LogP contribution in [0, 0.1) is 13.8 Å². The van der Waals surface area contributed by atoms with Crippen molar-refractivity contribution in [3.05, 3.63) is 92.1 Å². The van der Waals surface area contributed by atoms with Crippen molar-refractivity contribution in [2.75, 3.05) is 6.79 Å². The SMILES string of the molecule is Cc1ccc(C)c(COc2ccc3c(c2)O/C(=C\c2cc(Br)cc4c2OCOC4)C3=O)c1. The van der Waals surface area contributed by atoms with Gasteiger partial charge in [0.2, 0.25) is 5.78 Å². The summed E-state index contributed by atoms with van der Waals surface area (Å²) >= 11 is 3.51. The molecule has 5 rings (SSSR count). The molecule has 2 aliphatic heterocycles. The predicted molar refractivity (Wildman–Crippen MR) is 124 cm³/mol. The summed E-state index contributed by atoms with van der Waals surface area (Å²) in [5.41, 5.74) is 5.70. The van der Waals surface area contributed by atoms with Crippen LogP contribution in [0.3, 0.4) is 0 Å². The van der Waals surface area contributed by atoms with E-state index in [1.807, 2.05) is 12.1 Å². The number of hydrogen-bond acceptors (Lipinski definition) is 5. The number of allylic oxidation sites excluding steroid dienone is 1. The smallest absolute Gasteiger partial charge is 0.231 e. The van der Waals surface area contributed by atoms with E-state index in [1.165, 1.54) is 11.1 Å². The van der Waals surface area contributed by atoms with E-state index in [-0.39, 0.29) is 18.3 Å². The Balaban J connectivity index is 1.39. The Morgan fingerprint density at radius 2 is 1.97 bits per heavy atom. The summed E-state index contributed by atoms with van der Waals surface area (Å²) in [5.74, 6) is 1.94. The number of aryl methyl sites for hydroxylation is 2. The Labute approximate surface area is 194 Å². The second-order valence-corrected chi connectivity index (χ2v) is 8.83. The standard InChI is InChI=1S/C26H21BrO5/c1-15-3-4-16(2)18(7-15)13-30-21-5-6-22-23(11-21)32-24(25(22)28)10-17-8-20(27)9-19-12-29-14-31-26(17)19/h3-11H,12-14H2,1-2H3/b24-10-. The van der Waals surface area contributed by atoms with Crippen molar-refractivity contribution in [1.82, 2.24) is 0 Å². The molecule has 3 aromatic rings. The summed E-state index contributed by atoms with van der Waals surface area (Å²) in [6.07, 6.45) is 1.72. The molecule has 0 aromatic heterocycles. The van der Waals surface area contributed by atoms with Gasteiger partial charge in [0.05, 0.1) is 12.2 Å². The van der Waals surface area contributed by atoms with Crippen molar-refractivity contribution in [2.24, 2.45) is 0 Å². The predicted octanol–water partition coefficient (Wildman–Crippen LogP) is 6.13. The Kier molecular flexibility index (Phi) is 5.49. The zero-order valence-electron chi connectivity index (χ0n) is 17.7. The minimum absolute atomic E-state index is 0.165. The number of ether oxygens (including phenoxy) is 4. The highest BCUT2D eigenvalue weighted by Crippen LogP contribution is 2.38. The van der Waals surface area contributed by atoms with Crippen molar-refractivity contribution < 1.29 is 23.7 Å². The fourth-order valence-corrected chi connectivity index (χ4v) is 4.35. The van der Waals surface area contributed by atoms with E-state index < -0.39 is 0 Å². The summed E-state index contributed by atoms with van der Waals surface area (Å²) in [5, 5.41) is 0. The minimum atomic E-state index is -0.165. The number of benzene rings is 3. The zero-order valence-corrected chi connectivity index (χ0v) is 19.3. The molecule has 162 valence electrons. The molecule has 0 saturated carbocycles. The lowest BCUT2D eigenvalue weighted by Gasteiger charge is -2.20. The third kappa shape index (κ3) is 4.04. The summed E-state index contributed by atoms with van der Waals surface area (Å²) in [6.45, 7) is 5.22. The first-order chi connectivity index (χ1) is 15.5. The van der Waals surface area contributed by atoms with Crippen LogP contribution in [0.25, 0.3) is 6.08 Å². The van der Waals surface area contributed by atoms with Crippen LogP contribution in [0.2, 0.25) is 0 Å². The van der Waals surface area contributed by atoms with E-state index in [1.54, 1.807) is 24.3 Å². The lowest BCUT2D eigenvalue weighted by atomic mass is 10.1. The van der Waals surface area contributed by atoms with E-state index in [4.69, 9.17) is 18.9 Å². The highest BCUT2D eigenvalue weighted by atomic mass is 79.9. The molecule has 6 heteroatoms. The Hall–Kier alpha value is -3.09. The number of ketones is 1. The number of carbonyl (C=O) groups is 1. The Morgan fingerprint density at radius 1 is 1.09 bits per heavy atom. The van der Waals surface area contributed by atoms with E-state index in [2.05, 4.69) is 48.0 Å². The molecule has 0 N–H and O–H groups in total. The number of hydrogen-bond donors (Lipinski definition) is 0. The van der Waals surface area contributed by atoms with Crippen LogP contribution in [0.15, 0.2) is 58.8 Å². The van der Waals surface area contributed by atoms with Gasteiger partial charge in [-0.2, -0.15) is 0 Å². The molecule has 2 aliphatic rings. The fraction of sp³-hybridized carbons (Fsp3) is 0.192. The minimum Gasteiger partial charge on any atom is -0.489 e. The first-order valence-corrected chi connectivity index (χ1v) is 11.1. The van der Waals surface area contributed by atoms with Gasteiger partial charge in [0.1, 0.15) is 23.9 Å². The molecule has 0 aliphatic carbocycles. The van der Waals surface area contributed by atoms with Crippen LogP contribution in [0.5, 0.6) is 17.2 Å². The molecule has 5 nitrogen and oxygen atoms in total. The van der Waals surface area contributed by atoms with Crippen molar-refractivity contribution >= 4 is 27.8 Å². The number of fused-ring (bicyclic) bond motifs is 2. The van der Waals surface area contributed by atoms with Crippen LogP contribution in [-0.4, -0.2) is 12.6 Å². The highest BCUT2D eigenvalue weighted by Gasteiger charge is 2.28. The van der Waals surface area contributed by atoms with Gasteiger partial charge in [-0.05, 0) is 55.3 Å². The Bertz CT molecular complexity index is 1260. The second kappa shape index (κ2) is 8.45. The van der Waals surface area contributed by atoms with Gasteiger partial charge in [-0.3, -0.25) is 4.79 Å². The van der Waals surface area contributed by atoms with Gasteiger partial charge >= 0.3 is 0 Å². The Morgan fingerprint density at radius 3 is 2.84 bits per heavy atom. The van der Waals surface area contributed by atoms with Crippen molar-refractivity contribution in [1.29, 1.82) is 0 Å².